The van der Waals surface area contributed by atoms with E-state index in [1.54, 1.807) is 0 Å². The maximum absolute atomic E-state index is 11.8. The molecule has 1 aliphatic carbocycles. The molecule has 0 heterocycles. The average Bonchev–Trinajstić information content (AvgIpc) is 2.34. The molecule has 0 saturated heterocycles. The Morgan fingerprint density at radius 2 is 1.95 bits per heavy atom. The van der Waals surface area contributed by atoms with Gasteiger partial charge in [-0.05, 0) is 43.9 Å². The van der Waals surface area contributed by atoms with Crippen LogP contribution in [0.4, 0.5) is 0 Å². The largest absolute Gasteiger partial charge is 0.481 e. The minimum atomic E-state index is -0.763. The van der Waals surface area contributed by atoms with Gasteiger partial charge in [-0.3, -0.25) is 9.59 Å². The van der Waals surface area contributed by atoms with Crippen LogP contribution in [0, 0.1) is 11.3 Å². The van der Waals surface area contributed by atoms with Crippen LogP contribution < -0.4 is 5.32 Å². The molecule has 0 radical (unpaired) electrons. The summed E-state index contributed by atoms with van der Waals surface area (Å²) in [5, 5.41) is 11.6. The van der Waals surface area contributed by atoms with Gasteiger partial charge in [-0.2, -0.15) is 0 Å². The Morgan fingerprint density at radius 1 is 1.29 bits per heavy atom. The number of aliphatic carboxylic acids is 1. The van der Waals surface area contributed by atoms with Gasteiger partial charge in [0.1, 0.15) is 0 Å². The number of carboxylic acids is 1. The van der Waals surface area contributed by atoms with Crippen molar-refractivity contribution in [2.45, 2.75) is 65.4 Å². The molecule has 1 saturated carbocycles. The fraction of sp³-hybridized carbons (Fsp3) is 0.875. The van der Waals surface area contributed by atoms with Gasteiger partial charge in [0.05, 0.1) is 6.10 Å². The summed E-state index contributed by atoms with van der Waals surface area (Å²) in [7, 11) is 0. The van der Waals surface area contributed by atoms with E-state index >= 15 is 0 Å². The van der Waals surface area contributed by atoms with E-state index in [0.29, 0.717) is 31.4 Å². The van der Waals surface area contributed by atoms with Crippen molar-refractivity contribution in [3.05, 3.63) is 0 Å². The molecule has 0 aliphatic heterocycles. The molecule has 1 fully saturated rings. The molecule has 21 heavy (non-hydrogen) atoms. The van der Waals surface area contributed by atoms with Gasteiger partial charge in [0.15, 0.2) is 0 Å². The lowest BCUT2D eigenvalue weighted by Crippen LogP contribution is -2.36. The van der Waals surface area contributed by atoms with E-state index in [-0.39, 0.29) is 17.7 Å². The lowest BCUT2D eigenvalue weighted by atomic mass is 9.80. The lowest BCUT2D eigenvalue weighted by molar-refractivity contribution is -0.137. The highest BCUT2D eigenvalue weighted by Crippen LogP contribution is 2.32. The Balaban J connectivity index is 2.09. The van der Waals surface area contributed by atoms with Gasteiger partial charge in [-0.1, -0.05) is 13.8 Å². The second-order valence-electron chi connectivity index (χ2n) is 6.78. The van der Waals surface area contributed by atoms with Crippen LogP contribution in [0.1, 0.15) is 59.3 Å². The monoisotopic (exact) mass is 299 g/mol. The highest BCUT2D eigenvalue weighted by atomic mass is 16.5. The van der Waals surface area contributed by atoms with Crippen molar-refractivity contribution in [1.82, 2.24) is 5.32 Å². The number of carbonyl (C=O) groups is 2. The molecule has 1 rings (SSSR count). The Bertz CT molecular complexity index is 348. The maximum Gasteiger partial charge on any atom is 0.303 e. The molecule has 122 valence electrons. The van der Waals surface area contributed by atoms with Crippen molar-refractivity contribution in [3.8, 4) is 0 Å². The van der Waals surface area contributed by atoms with E-state index in [1.807, 2.05) is 20.8 Å². The molecule has 5 heteroatoms. The summed E-state index contributed by atoms with van der Waals surface area (Å²) in [4.78, 5) is 22.4. The third-order valence-corrected chi connectivity index (χ3v) is 4.21. The molecule has 5 nitrogen and oxygen atoms in total. The van der Waals surface area contributed by atoms with Crippen molar-refractivity contribution in [1.29, 1.82) is 0 Å². The van der Waals surface area contributed by atoms with Crippen LogP contribution in [0.5, 0.6) is 0 Å². The van der Waals surface area contributed by atoms with E-state index < -0.39 is 5.97 Å². The topological polar surface area (TPSA) is 75.6 Å². The molecule has 0 bridgehead atoms. The highest BCUT2D eigenvalue weighted by molar-refractivity contribution is 5.76. The summed E-state index contributed by atoms with van der Waals surface area (Å²) in [5.41, 5.74) is -0.0534. The summed E-state index contributed by atoms with van der Waals surface area (Å²) in [5.74, 6) is -0.202. The van der Waals surface area contributed by atoms with Gasteiger partial charge < -0.3 is 15.2 Å². The molecule has 1 aliphatic rings. The van der Waals surface area contributed by atoms with Crippen molar-refractivity contribution in [2.75, 3.05) is 13.2 Å². The predicted octanol–water partition coefficient (Wildman–Crippen LogP) is 2.59. The van der Waals surface area contributed by atoms with Gasteiger partial charge in [-0.25, -0.2) is 0 Å². The number of ether oxygens (including phenoxy) is 1. The van der Waals surface area contributed by atoms with Gasteiger partial charge in [0.25, 0.3) is 0 Å². The Labute approximate surface area is 127 Å². The first-order chi connectivity index (χ1) is 9.82. The van der Waals surface area contributed by atoms with Crippen LogP contribution in [0.15, 0.2) is 0 Å². The van der Waals surface area contributed by atoms with Crippen molar-refractivity contribution < 1.29 is 19.4 Å². The van der Waals surface area contributed by atoms with E-state index in [9.17, 15) is 9.59 Å². The van der Waals surface area contributed by atoms with E-state index in [4.69, 9.17) is 9.84 Å². The first-order valence-electron chi connectivity index (χ1n) is 7.92. The molecule has 0 spiro atoms. The molecular formula is C16H29NO4. The third-order valence-electron chi connectivity index (χ3n) is 4.21. The average molecular weight is 299 g/mol. The zero-order valence-electron chi connectivity index (χ0n) is 13.5. The number of rotatable bonds is 10. The van der Waals surface area contributed by atoms with Crippen LogP contribution >= 0.6 is 0 Å². The summed E-state index contributed by atoms with van der Waals surface area (Å²) >= 11 is 0. The fourth-order valence-electron chi connectivity index (χ4n) is 2.66. The second kappa shape index (κ2) is 8.37. The zero-order chi connectivity index (χ0) is 15.9. The number of hydrogen-bond acceptors (Lipinski definition) is 3. The Hall–Kier alpha value is -1.10. The van der Waals surface area contributed by atoms with E-state index in [1.165, 1.54) is 0 Å². The number of nitrogens with one attached hydrogen (secondary N) is 1. The van der Waals surface area contributed by atoms with Crippen molar-refractivity contribution in [3.63, 3.8) is 0 Å². The molecule has 0 unspecified atom stereocenters. The predicted molar refractivity (Wildman–Crippen MR) is 81.0 cm³/mol. The lowest BCUT2D eigenvalue weighted by Gasteiger charge is -2.34. The summed E-state index contributed by atoms with van der Waals surface area (Å²) in [6.45, 7) is 7.44. The van der Waals surface area contributed by atoms with Gasteiger partial charge in [-0.15, -0.1) is 0 Å². The maximum atomic E-state index is 11.8. The molecule has 2 N–H and O–H groups in total. The van der Waals surface area contributed by atoms with Crippen LogP contribution in [0.25, 0.3) is 0 Å². The first kappa shape index (κ1) is 18.0. The van der Waals surface area contributed by atoms with Crippen molar-refractivity contribution >= 4 is 11.9 Å². The number of amides is 1. The van der Waals surface area contributed by atoms with Gasteiger partial charge in [0.2, 0.25) is 5.91 Å². The second-order valence-corrected chi connectivity index (χ2v) is 6.78. The quantitative estimate of drug-likeness (QED) is 0.650. The molecule has 0 aromatic carbocycles. The van der Waals surface area contributed by atoms with E-state index in [2.05, 4.69) is 5.32 Å². The normalized spacial score (nSPS) is 21.7. The number of carbonyl (C=O) groups excluding carboxylic acids is 1. The Morgan fingerprint density at radius 3 is 2.52 bits per heavy atom. The highest BCUT2D eigenvalue weighted by Gasteiger charge is 2.31. The van der Waals surface area contributed by atoms with Crippen LogP contribution in [0.2, 0.25) is 0 Å². The fourth-order valence-corrected chi connectivity index (χ4v) is 2.66. The standard InChI is InChI=1S/C16H29NO4/c1-4-21-13-9-12(10-13)11-14(18)17-8-7-16(2,3)6-5-15(19)20/h12-13H,4-11H2,1-3H3,(H,17,18)(H,19,20). The first-order valence-corrected chi connectivity index (χ1v) is 7.92. The Kier molecular flexibility index (Phi) is 7.15. The minimum Gasteiger partial charge on any atom is -0.481 e. The third kappa shape index (κ3) is 7.46. The molecule has 1 amide bonds. The van der Waals surface area contributed by atoms with Crippen LogP contribution in [-0.4, -0.2) is 36.2 Å². The summed E-state index contributed by atoms with van der Waals surface area (Å²) < 4.78 is 5.48. The number of hydrogen-bond donors (Lipinski definition) is 2. The van der Waals surface area contributed by atoms with E-state index in [0.717, 1.165) is 25.9 Å². The molecule has 0 aromatic heterocycles. The molecule has 0 aromatic rings. The summed E-state index contributed by atoms with van der Waals surface area (Å²) in [6.07, 6.45) is 4.54. The van der Waals surface area contributed by atoms with Gasteiger partial charge in [0, 0.05) is 26.0 Å². The van der Waals surface area contributed by atoms with Crippen LogP contribution in [-0.2, 0) is 14.3 Å². The van der Waals surface area contributed by atoms with Crippen molar-refractivity contribution in [2.24, 2.45) is 11.3 Å². The number of carboxylic acid groups (broad SMARTS) is 1. The smallest absolute Gasteiger partial charge is 0.303 e. The summed E-state index contributed by atoms with van der Waals surface area (Å²) in [6, 6.07) is 0. The SMILES string of the molecule is CCOC1CC(CC(=O)NCCC(C)(C)CCC(=O)O)C1. The minimum absolute atomic E-state index is 0.0534. The van der Waals surface area contributed by atoms with Crippen LogP contribution in [0.3, 0.4) is 0 Å². The molecular weight excluding hydrogens is 270 g/mol. The van der Waals surface area contributed by atoms with Gasteiger partial charge >= 0.3 is 5.97 Å². The molecule has 0 atom stereocenters. The zero-order valence-corrected chi connectivity index (χ0v) is 13.5.